The summed E-state index contributed by atoms with van der Waals surface area (Å²) in [5.41, 5.74) is 0.440. The van der Waals surface area contributed by atoms with Gasteiger partial charge in [0.2, 0.25) is 5.91 Å². The van der Waals surface area contributed by atoms with Gasteiger partial charge in [-0.1, -0.05) is 6.92 Å². The average Bonchev–Trinajstić information content (AvgIpc) is 2.56. The molecule has 0 spiro atoms. The molecule has 0 bridgehead atoms. The fourth-order valence-electron chi connectivity index (χ4n) is 2.33. The van der Waals surface area contributed by atoms with Crippen LogP contribution in [0.5, 0.6) is 0 Å². The van der Waals surface area contributed by atoms with Crippen molar-refractivity contribution in [2.75, 3.05) is 13.1 Å². The number of amides is 2. The predicted octanol–water partition coefficient (Wildman–Crippen LogP) is 0.754. The first-order valence-electron chi connectivity index (χ1n) is 7.71. The fraction of sp³-hybridized carbons (Fsp3) is 0.500. The van der Waals surface area contributed by atoms with E-state index in [4.69, 9.17) is 4.74 Å². The minimum Gasteiger partial charge on any atom is -0.463 e. The lowest BCUT2D eigenvalue weighted by molar-refractivity contribution is -0.151. The summed E-state index contributed by atoms with van der Waals surface area (Å²) in [5.74, 6) is -1.10. The molecule has 1 N–H and O–H groups in total. The van der Waals surface area contributed by atoms with Crippen molar-refractivity contribution < 1.29 is 19.1 Å². The number of aromatic nitrogens is 1. The van der Waals surface area contributed by atoms with Crippen LogP contribution in [-0.4, -0.2) is 52.9 Å². The smallest absolute Gasteiger partial charge is 0.308 e. The molecule has 0 saturated carbocycles. The molecule has 2 rings (SSSR count). The second kappa shape index (κ2) is 7.71. The van der Waals surface area contributed by atoms with Gasteiger partial charge in [0.15, 0.2) is 0 Å². The van der Waals surface area contributed by atoms with E-state index >= 15 is 0 Å². The van der Waals surface area contributed by atoms with Crippen molar-refractivity contribution in [3.8, 4) is 0 Å². The number of piperazine rings is 1. The molecule has 1 aliphatic heterocycles. The molecule has 1 fully saturated rings. The second-order valence-electron chi connectivity index (χ2n) is 5.45. The lowest BCUT2D eigenvalue weighted by Crippen LogP contribution is -2.57. The van der Waals surface area contributed by atoms with Gasteiger partial charge in [0.25, 0.3) is 5.91 Å². The summed E-state index contributed by atoms with van der Waals surface area (Å²) < 4.78 is 5.22. The number of esters is 1. The maximum Gasteiger partial charge on any atom is 0.308 e. The van der Waals surface area contributed by atoms with Crippen LogP contribution in [-0.2, 0) is 14.3 Å². The van der Waals surface area contributed by atoms with Crippen LogP contribution in [0, 0.1) is 0 Å². The van der Waals surface area contributed by atoms with E-state index < -0.39 is 12.0 Å². The molecule has 2 unspecified atom stereocenters. The van der Waals surface area contributed by atoms with Gasteiger partial charge in [-0.15, -0.1) is 0 Å². The zero-order valence-electron chi connectivity index (χ0n) is 13.3. The Hall–Kier alpha value is -2.44. The summed E-state index contributed by atoms with van der Waals surface area (Å²) in [6.07, 6.45) is 3.38. The van der Waals surface area contributed by atoms with Gasteiger partial charge in [-0.2, -0.15) is 0 Å². The number of carbonyl (C=O) groups excluding carboxylic acids is 3. The molecule has 7 heteroatoms. The topological polar surface area (TPSA) is 88.6 Å². The maximum atomic E-state index is 12.6. The molecule has 0 aromatic carbocycles. The van der Waals surface area contributed by atoms with Gasteiger partial charge >= 0.3 is 5.97 Å². The van der Waals surface area contributed by atoms with Crippen LogP contribution >= 0.6 is 0 Å². The van der Waals surface area contributed by atoms with Crippen LogP contribution in [0.15, 0.2) is 24.5 Å². The Kier molecular flexibility index (Phi) is 5.67. The molecular formula is C16H21N3O4. The van der Waals surface area contributed by atoms with Crippen LogP contribution in [0.1, 0.15) is 37.0 Å². The fourth-order valence-corrected chi connectivity index (χ4v) is 2.33. The second-order valence-corrected chi connectivity index (χ2v) is 5.45. The number of nitrogens with zero attached hydrogens (tertiary/aromatic N) is 2. The first-order chi connectivity index (χ1) is 11.0. The third-order valence-corrected chi connectivity index (χ3v) is 3.79. The molecule has 2 heterocycles. The Balaban J connectivity index is 2.11. The molecule has 23 heavy (non-hydrogen) atoms. The van der Waals surface area contributed by atoms with Gasteiger partial charge in [-0.25, -0.2) is 0 Å². The Morgan fingerprint density at radius 3 is 2.78 bits per heavy atom. The zero-order chi connectivity index (χ0) is 16.8. The molecule has 124 valence electrons. The molecule has 1 aromatic heterocycles. The largest absolute Gasteiger partial charge is 0.463 e. The predicted molar refractivity (Wildman–Crippen MR) is 82.5 cm³/mol. The lowest BCUT2D eigenvalue weighted by atomic mass is 10.1. The van der Waals surface area contributed by atoms with Crippen LogP contribution < -0.4 is 5.32 Å². The van der Waals surface area contributed by atoms with Crippen molar-refractivity contribution in [2.45, 2.75) is 38.8 Å². The molecule has 2 amide bonds. The van der Waals surface area contributed by atoms with E-state index in [-0.39, 0.29) is 24.3 Å². The number of hydrogen-bond donors (Lipinski definition) is 1. The van der Waals surface area contributed by atoms with Crippen LogP contribution in [0.3, 0.4) is 0 Å². The average molecular weight is 319 g/mol. The molecule has 0 aliphatic carbocycles. The van der Waals surface area contributed by atoms with Crippen LogP contribution in [0.25, 0.3) is 0 Å². The van der Waals surface area contributed by atoms with Gasteiger partial charge in [0.1, 0.15) is 6.04 Å². The third kappa shape index (κ3) is 4.28. The van der Waals surface area contributed by atoms with E-state index in [2.05, 4.69) is 10.3 Å². The molecule has 7 nitrogen and oxygen atoms in total. The number of nitrogens with one attached hydrogen (secondary N) is 1. The Morgan fingerprint density at radius 1 is 1.43 bits per heavy atom. The van der Waals surface area contributed by atoms with Gasteiger partial charge in [-0.05, 0) is 25.5 Å². The van der Waals surface area contributed by atoms with Gasteiger partial charge < -0.3 is 15.0 Å². The number of carbonyl (C=O) groups is 3. The highest BCUT2D eigenvalue weighted by molar-refractivity contribution is 5.99. The van der Waals surface area contributed by atoms with Crippen molar-refractivity contribution in [1.82, 2.24) is 15.2 Å². The number of hydrogen-bond acceptors (Lipinski definition) is 5. The highest BCUT2D eigenvalue weighted by Crippen LogP contribution is 2.15. The number of rotatable bonds is 5. The van der Waals surface area contributed by atoms with Gasteiger partial charge in [-0.3, -0.25) is 19.4 Å². The minimum absolute atomic E-state index is 0.146. The van der Waals surface area contributed by atoms with E-state index in [1.807, 2.05) is 6.92 Å². The highest BCUT2D eigenvalue weighted by Gasteiger charge is 2.35. The van der Waals surface area contributed by atoms with Gasteiger partial charge in [0.05, 0.1) is 12.5 Å². The van der Waals surface area contributed by atoms with Crippen molar-refractivity contribution in [2.24, 2.45) is 0 Å². The van der Waals surface area contributed by atoms with Crippen molar-refractivity contribution in [3.63, 3.8) is 0 Å². The lowest BCUT2D eigenvalue weighted by Gasteiger charge is -2.34. The first-order valence-corrected chi connectivity index (χ1v) is 7.71. The standard InChI is InChI=1S/C16H21N3O4/c1-3-11(2)23-14(20)10-13-15(21)18-8-9-19(13)16(22)12-4-6-17-7-5-12/h4-7,11,13H,3,8-10H2,1-2H3,(H,18,21). The summed E-state index contributed by atoms with van der Waals surface area (Å²) in [6.45, 7) is 4.42. The Morgan fingerprint density at radius 2 is 2.13 bits per heavy atom. The van der Waals surface area contributed by atoms with E-state index in [1.165, 1.54) is 17.3 Å². The minimum atomic E-state index is -0.846. The molecule has 1 saturated heterocycles. The molecule has 2 atom stereocenters. The van der Waals surface area contributed by atoms with Crippen molar-refractivity contribution in [3.05, 3.63) is 30.1 Å². The number of pyridine rings is 1. The molecular weight excluding hydrogens is 298 g/mol. The highest BCUT2D eigenvalue weighted by atomic mass is 16.5. The maximum absolute atomic E-state index is 12.6. The first kappa shape index (κ1) is 16.9. The van der Waals surface area contributed by atoms with Gasteiger partial charge in [0, 0.05) is 31.0 Å². The van der Waals surface area contributed by atoms with Crippen LogP contribution in [0.4, 0.5) is 0 Å². The monoisotopic (exact) mass is 319 g/mol. The number of ether oxygens (including phenoxy) is 1. The van der Waals surface area contributed by atoms with Crippen molar-refractivity contribution >= 4 is 17.8 Å². The van der Waals surface area contributed by atoms with Crippen molar-refractivity contribution in [1.29, 1.82) is 0 Å². The normalized spacial score (nSPS) is 19.0. The van der Waals surface area contributed by atoms with E-state index in [0.717, 1.165) is 0 Å². The third-order valence-electron chi connectivity index (χ3n) is 3.79. The SMILES string of the molecule is CCC(C)OC(=O)CC1C(=O)NCCN1C(=O)c1ccncc1. The summed E-state index contributed by atoms with van der Waals surface area (Å²) >= 11 is 0. The van der Waals surface area contributed by atoms with Crippen LogP contribution in [0.2, 0.25) is 0 Å². The summed E-state index contributed by atoms with van der Waals surface area (Å²) in [5, 5.41) is 2.69. The molecule has 1 aliphatic rings. The summed E-state index contributed by atoms with van der Waals surface area (Å²) in [4.78, 5) is 42.0. The Bertz CT molecular complexity index is 576. The molecule has 1 aromatic rings. The zero-order valence-corrected chi connectivity index (χ0v) is 13.3. The Labute approximate surface area is 135 Å². The van der Waals surface area contributed by atoms with E-state index in [1.54, 1.807) is 19.1 Å². The quantitative estimate of drug-likeness (QED) is 0.809. The summed E-state index contributed by atoms with van der Waals surface area (Å²) in [6, 6.07) is 2.33. The summed E-state index contributed by atoms with van der Waals surface area (Å²) in [7, 11) is 0. The van der Waals surface area contributed by atoms with E-state index in [9.17, 15) is 14.4 Å². The van der Waals surface area contributed by atoms with E-state index in [0.29, 0.717) is 25.1 Å². The molecule has 0 radical (unpaired) electrons.